The smallest absolute Gasteiger partial charge is 0.291 e. The number of hydrogen-bond donors (Lipinski definition) is 3. The third-order valence-corrected chi connectivity index (χ3v) is 4.50. The van der Waals surface area contributed by atoms with Gasteiger partial charge in [-0.25, -0.2) is 0 Å². The molecule has 2 heterocycles. The largest absolute Gasteiger partial charge is 0.494 e. The van der Waals surface area contributed by atoms with Gasteiger partial charge < -0.3 is 16.2 Å². The van der Waals surface area contributed by atoms with Gasteiger partial charge in [-0.3, -0.25) is 14.2 Å². The van der Waals surface area contributed by atoms with E-state index in [0.29, 0.717) is 17.8 Å². The highest BCUT2D eigenvalue weighted by Crippen LogP contribution is 2.28. The number of fused-ring (bicyclic) bond motifs is 1. The second-order valence-electron chi connectivity index (χ2n) is 8.99. The molecule has 0 aromatic carbocycles. The van der Waals surface area contributed by atoms with Crippen LogP contribution in [0.2, 0.25) is 0 Å². The number of aromatic nitrogens is 3. The average Bonchev–Trinajstić information content (AvgIpc) is 3.30. The molecule has 0 unspecified atom stereocenters. The number of carbonyl (C=O) groups is 1. The Balaban J connectivity index is 0.00000300. The monoisotopic (exact) mass is 423 g/mol. The molecular weight excluding hydrogens is 394 g/mol. The number of nitrogens with one attached hydrogen (secondary N) is 1. The predicted molar refractivity (Wildman–Crippen MR) is 117 cm³/mol. The van der Waals surface area contributed by atoms with Crippen molar-refractivity contribution < 1.29 is 9.90 Å². The van der Waals surface area contributed by atoms with E-state index in [1.165, 1.54) is 0 Å². The van der Waals surface area contributed by atoms with E-state index in [0.717, 1.165) is 17.4 Å². The molecule has 1 amide bonds. The Morgan fingerprint density at radius 1 is 1.38 bits per heavy atom. The normalized spacial score (nSPS) is 14.6. The van der Waals surface area contributed by atoms with E-state index in [9.17, 15) is 14.7 Å². The van der Waals surface area contributed by atoms with Gasteiger partial charge in [-0.05, 0) is 24.2 Å². The van der Waals surface area contributed by atoms with Crippen molar-refractivity contribution in [3.8, 4) is 5.88 Å². The fraction of sp³-hybridized carbons (Fsp3) is 0.550. The van der Waals surface area contributed by atoms with Crippen LogP contribution in [0.1, 0.15) is 63.4 Å². The quantitative estimate of drug-likeness (QED) is 0.684. The van der Waals surface area contributed by atoms with Gasteiger partial charge in [0.2, 0.25) is 5.88 Å². The summed E-state index contributed by atoms with van der Waals surface area (Å²) in [6.07, 6.45) is 5.55. The first-order chi connectivity index (χ1) is 13.0. The highest BCUT2D eigenvalue weighted by molar-refractivity contribution is 5.97. The van der Waals surface area contributed by atoms with Crippen LogP contribution in [0.3, 0.4) is 0 Å². The number of carbonyl (C=O) groups excluding carboxylic acids is 1. The third-order valence-electron chi connectivity index (χ3n) is 4.50. The summed E-state index contributed by atoms with van der Waals surface area (Å²) in [7, 11) is 0. The van der Waals surface area contributed by atoms with Crippen molar-refractivity contribution in [3.05, 3.63) is 27.6 Å². The molecule has 29 heavy (non-hydrogen) atoms. The van der Waals surface area contributed by atoms with E-state index in [-0.39, 0.29) is 47.0 Å². The van der Waals surface area contributed by atoms with Crippen molar-refractivity contribution in [1.82, 2.24) is 19.5 Å². The molecule has 0 spiro atoms. The average molecular weight is 424 g/mol. The lowest BCUT2D eigenvalue weighted by Gasteiger charge is -2.17. The number of nitrogens with zero attached hydrogens (tertiary/aromatic N) is 3. The SMILES string of the molecule is CC(C)Cn1c(O)c(C(=O)NC2CC2)c(=O)n2nc(N)c(C=CC(C)(C)C)c12.Cl. The van der Waals surface area contributed by atoms with Crippen LogP contribution in [0.15, 0.2) is 10.9 Å². The number of hydrogen-bond acceptors (Lipinski definition) is 5. The maximum Gasteiger partial charge on any atom is 0.291 e. The van der Waals surface area contributed by atoms with Crippen LogP contribution in [0.5, 0.6) is 5.88 Å². The molecule has 0 radical (unpaired) electrons. The van der Waals surface area contributed by atoms with Crippen LogP contribution >= 0.6 is 12.4 Å². The van der Waals surface area contributed by atoms with Gasteiger partial charge in [0.25, 0.3) is 11.5 Å². The van der Waals surface area contributed by atoms with Crippen molar-refractivity contribution in [3.63, 3.8) is 0 Å². The lowest BCUT2D eigenvalue weighted by molar-refractivity contribution is 0.0944. The molecule has 4 N–H and O–H groups in total. The van der Waals surface area contributed by atoms with E-state index >= 15 is 0 Å². The van der Waals surface area contributed by atoms with E-state index in [1.807, 2.05) is 46.8 Å². The second-order valence-corrected chi connectivity index (χ2v) is 8.99. The van der Waals surface area contributed by atoms with Crippen molar-refractivity contribution >= 4 is 35.9 Å². The Bertz CT molecular complexity index is 1010. The zero-order valence-electron chi connectivity index (χ0n) is 17.5. The first kappa shape index (κ1) is 22.8. The Morgan fingerprint density at radius 3 is 2.52 bits per heavy atom. The molecular formula is C20H30ClN5O3. The minimum absolute atomic E-state index is 0. The summed E-state index contributed by atoms with van der Waals surface area (Å²) in [5.41, 5.74) is 5.97. The lowest BCUT2D eigenvalue weighted by atomic mass is 9.95. The summed E-state index contributed by atoms with van der Waals surface area (Å²) >= 11 is 0. The first-order valence-corrected chi connectivity index (χ1v) is 9.63. The Kier molecular flexibility index (Phi) is 6.37. The van der Waals surface area contributed by atoms with Crippen LogP contribution in [0.25, 0.3) is 11.7 Å². The van der Waals surface area contributed by atoms with E-state index in [4.69, 9.17) is 5.73 Å². The zero-order valence-corrected chi connectivity index (χ0v) is 18.3. The van der Waals surface area contributed by atoms with Gasteiger partial charge in [-0.15, -0.1) is 17.5 Å². The molecule has 160 valence electrons. The topological polar surface area (TPSA) is 115 Å². The van der Waals surface area contributed by atoms with Gasteiger partial charge in [0.15, 0.2) is 17.0 Å². The van der Waals surface area contributed by atoms with E-state index < -0.39 is 11.5 Å². The van der Waals surface area contributed by atoms with Crippen molar-refractivity contribution in [2.75, 3.05) is 5.73 Å². The number of halogens is 1. The van der Waals surface area contributed by atoms with Gasteiger partial charge in [-0.1, -0.05) is 46.8 Å². The van der Waals surface area contributed by atoms with Gasteiger partial charge in [0.05, 0.1) is 5.56 Å². The van der Waals surface area contributed by atoms with Crippen LogP contribution < -0.4 is 16.6 Å². The second kappa shape index (κ2) is 8.10. The Labute approximate surface area is 176 Å². The molecule has 3 rings (SSSR count). The lowest BCUT2D eigenvalue weighted by Crippen LogP contribution is -2.34. The summed E-state index contributed by atoms with van der Waals surface area (Å²) in [5, 5.41) is 17.8. The zero-order chi connectivity index (χ0) is 20.8. The number of nitrogen functional groups attached to an aromatic ring is 1. The molecule has 1 saturated carbocycles. The summed E-state index contributed by atoms with van der Waals surface area (Å²) in [6, 6.07) is 0.0634. The minimum atomic E-state index is -0.673. The van der Waals surface area contributed by atoms with Crippen molar-refractivity contribution in [2.45, 2.75) is 60.0 Å². The maximum atomic E-state index is 13.0. The standard InChI is InChI=1S/C20H29N5O3.ClH/c1-11(2)10-24-17-13(8-9-20(3,4)5)15(21)23-25(17)19(28)14(18(24)27)16(26)22-12-6-7-12;/h8-9,11-12,27H,6-7,10H2,1-5H3,(H2,21,23)(H,22,26);1H. The number of aromatic hydroxyl groups is 1. The number of rotatable bonds is 5. The van der Waals surface area contributed by atoms with E-state index in [2.05, 4.69) is 10.4 Å². The molecule has 2 aromatic rings. The van der Waals surface area contributed by atoms with Gasteiger partial charge >= 0.3 is 0 Å². The summed E-state index contributed by atoms with van der Waals surface area (Å²) in [5.74, 6) is -0.596. The fourth-order valence-electron chi connectivity index (χ4n) is 2.99. The number of anilines is 1. The molecule has 1 fully saturated rings. The Hall–Kier alpha value is -2.48. The number of nitrogens with two attached hydrogens (primary N) is 1. The highest BCUT2D eigenvalue weighted by Gasteiger charge is 2.30. The van der Waals surface area contributed by atoms with Crippen LogP contribution in [0.4, 0.5) is 5.82 Å². The molecule has 0 saturated heterocycles. The van der Waals surface area contributed by atoms with Crippen molar-refractivity contribution in [1.29, 1.82) is 0 Å². The van der Waals surface area contributed by atoms with Gasteiger partial charge in [0, 0.05) is 12.6 Å². The molecule has 2 aromatic heterocycles. The summed E-state index contributed by atoms with van der Waals surface area (Å²) in [4.78, 5) is 25.6. The first-order valence-electron chi connectivity index (χ1n) is 9.63. The van der Waals surface area contributed by atoms with Crippen LogP contribution in [-0.4, -0.2) is 31.2 Å². The molecule has 0 aliphatic heterocycles. The molecule has 8 nitrogen and oxygen atoms in total. The van der Waals surface area contributed by atoms with Crippen molar-refractivity contribution in [2.24, 2.45) is 11.3 Å². The minimum Gasteiger partial charge on any atom is -0.494 e. The molecule has 1 aliphatic rings. The summed E-state index contributed by atoms with van der Waals surface area (Å²) in [6.45, 7) is 10.5. The van der Waals surface area contributed by atoms with Gasteiger partial charge in [0.1, 0.15) is 0 Å². The molecule has 9 heteroatoms. The van der Waals surface area contributed by atoms with Crippen LogP contribution in [0, 0.1) is 11.3 Å². The van der Waals surface area contributed by atoms with E-state index in [1.54, 1.807) is 4.57 Å². The highest BCUT2D eigenvalue weighted by atomic mass is 35.5. The summed E-state index contributed by atoms with van der Waals surface area (Å²) < 4.78 is 2.68. The maximum absolute atomic E-state index is 13.0. The third kappa shape index (κ3) is 4.75. The number of allylic oxidation sites excluding steroid dienone is 1. The predicted octanol–water partition coefficient (Wildman–Crippen LogP) is 2.81. The van der Waals surface area contributed by atoms with Gasteiger partial charge in [-0.2, -0.15) is 4.52 Å². The Morgan fingerprint density at radius 2 is 2.00 bits per heavy atom. The molecule has 1 aliphatic carbocycles. The molecule has 0 atom stereocenters. The van der Waals surface area contributed by atoms with Crippen LogP contribution in [-0.2, 0) is 6.54 Å². The molecule has 0 bridgehead atoms. The number of amides is 1. The fourth-order valence-corrected chi connectivity index (χ4v) is 2.99.